The number of aryl methyl sites for hydroxylation is 1. The summed E-state index contributed by atoms with van der Waals surface area (Å²) < 4.78 is 5.33. The van der Waals surface area contributed by atoms with E-state index >= 15 is 0 Å². The van der Waals surface area contributed by atoms with Crippen molar-refractivity contribution in [3.8, 4) is 11.8 Å². The van der Waals surface area contributed by atoms with E-state index in [1.54, 1.807) is 66.7 Å². The van der Waals surface area contributed by atoms with E-state index < -0.39 is 47.7 Å². The lowest BCUT2D eigenvalue weighted by Crippen LogP contribution is -2.55. The second-order valence-corrected chi connectivity index (χ2v) is 11.1. The molecule has 0 aliphatic carbocycles. The van der Waals surface area contributed by atoms with Gasteiger partial charge >= 0.3 is 6.09 Å². The van der Waals surface area contributed by atoms with E-state index in [0.29, 0.717) is 5.56 Å². The number of aromatic hydroxyl groups is 1. The van der Waals surface area contributed by atoms with Crippen LogP contribution in [0.1, 0.15) is 79.0 Å². The molecule has 0 spiro atoms. The lowest BCUT2D eigenvalue weighted by Gasteiger charge is -2.35. The van der Waals surface area contributed by atoms with Gasteiger partial charge in [-0.25, -0.2) is 4.79 Å². The molecule has 1 aromatic carbocycles. The number of hydrogen-bond donors (Lipinski definition) is 3. The van der Waals surface area contributed by atoms with E-state index in [2.05, 4.69) is 10.6 Å². The van der Waals surface area contributed by atoms with Gasteiger partial charge in [-0.05, 0) is 66.4 Å². The van der Waals surface area contributed by atoms with Crippen LogP contribution in [-0.4, -0.2) is 51.6 Å². The summed E-state index contributed by atoms with van der Waals surface area (Å²) in [6.07, 6.45) is -0.518. The van der Waals surface area contributed by atoms with Crippen LogP contribution in [0.25, 0.3) is 0 Å². The third-order valence-electron chi connectivity index (χ3n) is 4.84. The third kappa shape index (κ3) is 9.47. The number of amides is 3. The minimum atomic E-state index is -1.30. The number of carbonyl (C=O) groups is 3. The van der Waals surface area contributed by atoms with Crippen molar-refractivity contribution in [2.75, 3.05) is 6.54 Å². The van der Waals surface area contributed by atoms with Gasteiger partial charge in [0.05, 0.1) is 6.07 Å². The molecular formula is C26H40N4O5. The molecule has 0 heterocycles. The molecule has 0 bridgehead atoms. The van der Waals surface area contributed by atoms with Crippen molar-refractivity contribution in [1.82, 2.24) is 15.5 Å². The molecule has 3 N–H and O–H groups in total. The van der Waals surface area contributed by atoms with Crippen molar-refractivity contribution in [3.63, 3.8) is 0 Å². The fourth-order valence-electron chi connectivity index (χ4n) is 3.51. The largest absolute Gasteiger partial charge is 0.507 e. The van der Waals surface area contributed by atoms with E-state index in [-0.39, 0.29) is 23.7 Å². The second kappa shape index (κ2) is 11.9. The molecule has 9 nitrogen and oxygen atoms in total. The average Bonchev–Trinajstić information content (AvgIpc) is 2.66. The number of phenolic OH excluding ortho intramolecular Hbond substituents is 1. The highest BCUT2D eigenvalue weighted by Gasteiger charge is 2.38. The van der Waals surface area contributed by atoms with Crippen molar-refractivity contribution in [2.45, 2.75) is 92.0 Å². The van der Waals surface area contributed by atoms with Gasteiger partial charge in [0.2, 0.25) is 11.8 Å². The van der Waals surface area contributed by atoms with Crippen molar-refractivity contribution >= 4 is 17.9 Å². The van der Waals surface area contributed by atoms with Crippen LogP contribution in [0.4, 0.5) is 4.79 Å². The molecule has 2 unspecified atom stereocenters. The lowest BCUT2D eigenvalue weighted by molar-refractivity contribution is -0.142. The first-order valence-corrected chi connectivity index (χ1v) is 11.7. The summed E-state index contributed by atoms with van der Waals surface area (Å²) in [6.45, 7) is 15.5. The second-order valence-electron chi connectivity index (χ2n) is 11.1. The Balaban J connectivity index is 3.56. The quantitative estimate of drug-likeness (QED) is 0.475. The van der Waals surface area contributed by atoms with E-state index in [9.17, 15) is 24.8 Å². The number of alkyl carbamates (subject to hydrolysis) is 1. The zero-order valence-corrected chi connectivity index (χ0v) is 22.4. The molecule has 194 valence electrons. The Labute approximate surface area is 208 Å². The van der Waals surface area contributed by atoms with Crippen LogP contribution in [0.3, 0.4) is 0 Å². The molecule has 9 heteroatoms. The van der Waals surface area contributed by atoms with Crippen LogP contribution in [0.5, 0.6) is 5.75 Å². The molecule has 1 rings (SSSR count). The van der Waals surface area contributed by atoms with Crippen LogP contribution < -0.4 is 10.6 Å². The molecule has 0 saturated carbocycles. The van der Waals surface area contributed by atoms with Gasteiger partial charge in [-0.3, -0.25) is 9.59 Å². The smallest absolute Gasteiger partial charge is 0.408 e. The number of nitrogens with zero attached hydrogens (tertiary/aromatic N) is 2. The fraction of sp³-hybridized carbons (Fsp3) is 0.615. The Bertz CT molecular complexity index is 954. The molecule has 0 aromatic heterocycles. The molecule has 2 atom stereocenters. The van der Waals surface area contributed by atoms with E-state index in [1.807, 2.05) is 19.9 Å². The van der Waals surface area contributed by atoms with Gasteiger partial charge < -0.3 is 25.4 Å². The van der Waals surface area contributed by atoms with E-state index in [1.165, 1.54) is 0 Å². The Kier molecular flexibility index (Phi) is 10.1. The van der Waals surface area contributed by atoms with Crippen LogP contribution in [0.2, 0.25) is 0 Å². The maximum atomic E-state index is 13.8. The molecule has 0 saturated heterocycles. The molecule has 0 radical (unpaired) electrons. The zero-order chi connectivity index (χ0) is 27.1. The van der Waals surface area contributed by atoms with Gasteiger partial charge in [0.25, 0.3) is 0 Å². The van der Waals surface area contributed by atoms with Crippen LogP contribution in [0.15, 0.2) is 18.2 Å². The summed E-state index contributed by atoms with van der Waals surface area (Å²) in [5.41, 5.74) is -0.700. The minimum absolute atomic E-state index is 0.0112. The molecular weight excluding hydrogens is 448 g/mol. The number of carbonyl (C=O) groups excluding carboxylic acids is 3. The molecule has 3 amide bonds. The summed E-state index contributed by atoms with van der Waals surface area (Å²) in [6, 6.07) is 4.50. The Morgan fingerprint density at radius 3 is 2.23 bits per heavy atom. The SMILES string of the molecule is Cc1cccc(C(C(=O)NC(C)(C)C)N(CC#N)C(=O)C(CC(C)C)NC(=O)OC(C)(C)C)c1O. The van der Waals surface area contributed by atoms with Crippen LogP contribution in [-0.2, 0) is 14.3 Å². The average molecular weight is 489 g/mol. The summed E-state index contributed by atoms with van der Waals surface area (Å²) >= 11 is 0. The highest BCUT2D eigenvalue weighted by molar-refractivity contribution is 5.93. The van der Waals surface area contributed by atoms with Gasteiger partial charge in [-0.2, -0.15) is 5.26 Å². The Morgan fingerprint density at radius 2 is 1.74 bits per heavy atom. The fourth-order valence-corrected chi connectivity index (χ4v) is 3.51. The van der Waals surface area contributed by atoms with Gasteiger partial charge in [0, 0.05) is 11.1 Å². The Hall–Kier alpha value is -3.28. The topological polar surface area (TPSA) is 132 Å². The Morgan fingerprint density at radius 1 is 1.14 bits per heavy atom. The molecule has 0 fully saturated rings. The summed E-state index contributed by atoms with van der Waals surface area (Å²) in [5, 5.41) is 25.8. The highest BCUT2D eigenvalue weighted by Crippen LogP contribution is 2.32. The van der Waals surface area contributed by atoms with Crippen molar-refractivity contribution in [3.05, 3.63) is 29.3 Å². The van der Waals surface area contributed by atoms with Crippen molar-refractivity contribution < 1.29 is 24.2 Å². The maximum Gasteiger partial charge on any atom is 0.408 e. The van der Waals surface area contributed by atoms with Gasteiger partial charge in [-0.1, -0.05) is 32.0 Å². The van der Waals surface area contributed by atoms with Crippen LogP contribution >= 0.6 is 0 Å². The number of nitriles is 1. The zero-order valence-electron chi connectivity index (χ0n) is 22.4. The number of ether oxygens (including phenoxy) is 1. The summed E-state index contributed by atoms with van der Waals surface area (Å²) in [7, 11) is 0. The number of hydrogen-bond acceptors (Lipinski definition) is 6. The van der Waals surface area contributed by atoms with Gasteiger partial charge in [-0.15, -0.1) is 0 Å². The first-order valence-electron chi connectivity index (χ1n) is 11.7. The third-order valence-corrected chi connectivity index (χ3v) is 4.84. The van der Waals surface area contributed by atoms with E-state index in [0.717, 1.165) is 4.90 Å². The van der Waals surface area contributed by atoms with Crippen LogP contribution in [0, 0.1) is 24.2 Å². The summed E-state index contributed by atoms with van der Waals surface area (Å²) in [4.78, 5) is 40.9. The lowest BCUT2D eigenvalue weighted by atomic mass is 9.96. The van der Waals surface area contributed by atoms with Gasteiger partial charge in [0.1, 0.15) is 30.0 Å². The number of benzene rings is 1. The molecule has 1 aromatic rings. The predicted octanol–water partition coefficient (Wildman–Crippen LogP) is 3.95. The number of nitrogens with one attached hydrogen (secondary N) is 2. The molecule has 0 aliphatic heterocycles. The monoisotopic (exact) mass is 488 g/mol. The van der Waals surface area contributed by atoms with Gasteiger partial charge in [0.15, 0.2) is 0 Å². The number of para-hydroxylation sites is 1. The first kappa shape index (κ1) is 29.8. The van der Waals surface area contributed by atoms with Crippen molar-refractivity contribution in [1.29, 1.82) is 5.26 Å². The molecule has 35 heavy (non-hydrogen) atoms. The number of rotatable bonds is 8. The van der Waals surface area contributed by atoms with Crippen molar-refractivity contribution in [2.24, 2.45) is 5.92 Å². The molecule has 0 aliphatic rings. The normalized spacial score (nSPS) is 13.4. The predicted molar refractivity (Wildman–Crippen MR) is 133 cm³/mol. The standard InChI is InChI=1S/C26H40N4O5/c1-16(2)15-19(28-24(34)35-26(7,8)9)23(33)30(14-13-27)20(22(32)29-25(4,5)6)18-12-10-11-17(3)21(18)31/h10-12,16,19-20,31H,14-15H2,1-9H3,(H,28,34)(H,29,32). The first-order chi connectivity index (χ1) is 16.0. The maximum absolute atomic E-state index is 13.8. The van der Waals surface area contributed by atoms with E-state index in [4.69, 9.17) is 4.74 Å². The minimum Gasteiger partial charge on any atom is -0.507 e. The highest BCUT2D eigenvalue weighted by atomic mass is 16.6. The number of phenols is 1. The summed E-state index contributed by atoms with van der Waals surface area (Å²) in [5.74, 6) is -1.31.